The highest BCUT2D eigenvalue weighted by Crippen LogP contribution is 2.19. The Hall–Kier alpha value is -0.610. The van der Waals surface area contributed by atoms with Crippen LogP contribution in [0, 0.1) is 17.8 Å². The summed E-state index contributed by atoms with van der Waals surface area (Å²) in [5.74, 6) is 1.45. The predicted octanol–water partition coefficient (Wildman–Crippen LogP) is 0.773. The van der Waals surface area contributed by atoms with Crippen LogP contribution in [0.25, 0.3) is 0 Å². The Morgan fingerprint density at radius 1 is 1.47 bits per heavy atom. The van der Waals surface area contributed by atoms with E-state index >= 15 is 0 Å². The summed E-state index contributed by atoms with van der Waals surface area (Å²) in [7, 11) is 0. The van der Waals surface area contributed by atoms with Crippen molar-refractivity contribution >= 4 is 5.91 Å². The lowest BCUT2D eigenvalue weighted by Gasteiger charge is -2.29. The third-order valence-corrected chi connectivity index (χ3v) is 3.98. The Morgan fingerprint density at radius 3 is 2.94 bits per heavy atom. The standard InChI is InChI=1S/C13H24N2O2/c1-9-5-12(7-14-6-9)13(16)15-10(2)11-3-4-17-8-11/h9-12,14H,3-8H2,1-2H3,(H,15,16). The lowest BCUT2D eigenvalue weighted by Crippen LogP contribution is -2.47. The van der Waals surface area contributed by atoms with Gasteiger partial charge >= 0.3 is 0 Å². The van der Waals surface area contributed by atoms with E-state index in [1.54, 1.807) is 0 Å². The minimum atomic E-state index is 0.142. The Morgan fingerprint density at radius 2 is 2.29 bits per heavy atom. The minimum absolute atomic E-state index is 0.142. The van der Waals surface area contributed by atoms with Gasteiger partial charge in [0.25, 0.3) is 0 Å². The molecule has 0 aromatic heterocycles. The molecule has 4 atom stereocenters. The Labute approximate surface area is 103 Å². The second-order valence-corrected chi connectivity index (χ2v) is 5.62. The van der Waals surface area contributed by atoms with Crippen LogP contribution in [0.2, 0.25) is 0 Å². The maximum atomic E-state index is 12.1. The van der Waals surface area contributed by atoms with Crippen LogP contribution in [0.5, 0.6) is 0 Å². The van der Waals surface area contributed by atoms with Gasteiger partial charge in [-0.3, -0.25) is 4.79 Å². The zero-order valence-electron chi connectivity index (χ0n) is 10.9. The minimum Gasteiger partial charge on any atom is -0.381 e. The molecule has 0 spiro atoms. The molecule has 0 aromatic rings. The van der Waals surface area contributed by atoms with E-state index in [0.29, 0.717) is 11.8 Å². The van der Waals surface area contributed by atoms with Crippen LogP contribution in [0.1, 0.15) is 26.7 Å². The van der Waals surface area contributed by atoms with Gasteiger partial charge in [-0.25, -0.2) is 0 Å². The van der Waals surface area contributed by atoms with E-state index in [1.165, 1.54) is 0 Å². The van der Waals surface area contributed by atoms with E-state index < -0.39 is 0 Å². The molecule has 2 saturated heterocycles. The monoisotopic (exact) mass is 240 g/mol. The van der Waals surface area contributed by atoms with Gasteiger partial charge in [-0.15, -0.1) is 0 Å². The summed E-state index contributed by atoms with van der Waals surface area (Å²) in [5, 5.41) is 6.48. The van der Waals surface area contributed by atoms with Crippen LogP contribution in [-0.4, -0.2) is 38.3 Å². The summed E-state index contributed by atoms with van der Waals surface area (Å²) in [6.45, 7) is 7.78. The fraction of sp³-hybridized carbons (Fsp3) is 0.923. The van der Waals surface area contributed by atoms with Gasteiger partial charge in [0.15, 0.2) is 0 Å². The molecule has 2 rings (SSSR count). The molecular formula is C13H24N2O2. The molecule has 98 valence electrons. The number of ether oxygens (including phenoxy) is 1. The number of hydrogen-bond acceptors (Lipinski definition) is 3. The van der Waals surface area contributed by atoms with E-state index in [0.717, 1.165) is 39.1 Å². The van der Waals surface area contributed by atoms with Crippen LogP contribution in [0.4, 0.5) is 0 Å². The summed E-state index contributed by atoms with van der Waals surface area (Å²) >= 11 is 0. The Bertz CT molecular complexity index is 264. The van der Waals surface area contributed by atoms with Gasteiger partial charge in [0.1, 0.15) is 0 Å². The molecule has 4 nitrogen and oxygen atoms in total. The van der Waals surface area contributed by atoms with Crippen molar-refractivity contribution in [2.75, 3.05) is 26.3 Å². The van der Waals surface area contributed by atoms with Gasteiger partial charge < -0.3 is 15.4 Å². The first-order valence-corrected chi connectivity index (χ1v) is 6.75. The molecule has 2 heterocycles. The molecule has 2 N–H and O–H groups in total. The van der Waals surface area contributed by atoms with E-state index in [2.05, 4.69) is 24.5 Å². The number of nitrogens with one attached hydrogen (secondary N) is 2. The normalized spacial score (nSPS) is 35.5. The van der Waals surface area contributed by atoms with Crippen LogP contribution in [0.15, 0.2) is 0 Å². The maximum absolute atomic E-state index is 12.1. The first kappa shape index (κ1) is 12.8. The van der Waals surface area contributed by atoms with Gasteiger partial charge in [0, 0.05) is 25.1 Å². The van der Waals surface area contributed by atoms with E-state index in [4.69, 9.17) is 4.74 Å². The molecule has 17 heavy (non-hydrogen) atoms. The number of rotatable bonds is 3. The van der Waals surface area contributed by atoms with Crippen molar-refractivity contribution < 1.29 is 9.53 Å². The lowest BCUT2D eigenvalue weighted by atomic mass is 9.90. The van der Waals surface area contributed by atoms with Crippen LogP contribution in [0.3, 0.4) is 0 Å². The highest BCUT2D eigenvalue weighted by Gasteiger charge is 2.28. The average Bonchev–Trinajstić information content (AvgIpc) is 2.82. The van der Waals surface area contributed by atoms with Crippen molar-refractivity contribution in [2.24, 2.45) is 17.8 Å². The van der Waals surface area contributed by atoms with Crippen molar-refractivity contribution in [1.29, 1.82) is 0 Å². The third kappa shape index (κ3) is 3.42. The molecule has 2 fully saturated rings. The number of carbonyl (C=O) groups excluding carboxylic acids is 1. The van der Waals surface area contributed by atoms with Gasteiger partial charge in [-0.2, -0.15) is 0 Å². The van der Waals surface area contributed by atoms with Crippen molar-refractivity contribution in [2.45, 2.75) is 32.7 Å². The molecule has 0 radical (unpaired) electrons. The molecule has 2 aliphatic rings. The SMILES string of the molecule is CC1CNCC(C(=O)NC(C)C2CCOC2)C1. The fourth-order valence-corrected chi connectivity index (χ4v) is 2.76. The van der Waals surface area contributed by atoms with Crippen molar-refractivity contribution in [3.05, 3.63) is 0 Å². The smallest absolute Gasteiger partial charge is 0.224 e. The molecule has 0 aromatic carbocycles. The van der Waals surface area contributed by atoms with Gasteiger partial charge in [0.05, 0.1) is 12.5 Å². The number of piperidine rings is 1. The quantitative estimate of drug-likeness (QED) is 0.766. The van der Waals surface area contributed by atoms with Crippen molar-refractivity contribution in [3.8, 4) is 0 Å². The van der Waals surface area contributed by atoms with Gasteiger partial charge in [-0.1, -0.05) is 6.92 Å². The molecule has 0 saturated carbocycles. The number of hydrogen-bond donors (Lipinski definition) is 2. The van der Waals surface area contributed by atoms with Crippen LogP contribution >= 0.6 is 0 Å². The summed E-state index contributed by atoms with van der Waals surface area (Å²) in [6.07, 6.45) is 2.08. The van der Waals surface area contributed by atoms with Gasteiger partial charge in [0.2, 0.25) is 5.91 Å². The Balaban J connectivity index is 1.79. The second-order valence-electron chi connectivity index (χ2n) is 5.62. The lowest BCUT2D eigenvalue weighted by molar-refractivity contribution is -0.126. The zero-order valence-corrected chi connectivity index (χ0v) is 10.9. The summed E-state index contributed by atoms with van der Waals surface area (Å²) in [6, 6.07) is 0.238. The van der Waals surface area contributed by atoms with Crippen molar-refractivity contribution in [3.63, 3.8) is 0 Å². The predicted molar refractivity (Wildman–Crippen MR) is 66.7 cm³/mol. The molecule has 4 heteroatoms. The molecule has 4 unspecified atom stereocenters. The first-order valence-electron chi connectivity index (χ1n) is 6.75. The van der Waals surface area contributed by atoms with E-state index in [-0.39, 0.29) is 17.9 Å². The summed E-state index contributed by atoms with van der Waals surface area (Å²) in [5.41, 5.74) is 0. The van der Waals surface area contributed by atoms with E-state index in [9.17, 15) is 4.79 Å². The maximum Gasteiger partial charge on any atom is 0.224 e. The van der Waals surface area contributed by atoms with E-state index in [1.807, 2.05) is 0 Å². The number of amides is 1. The fourth-order valence-electron chi connectivity index (χ4n) is 2.76. The average molecular weight is 240 g/mol. The largest absolute Gasteiger partial charge is 0.381 e. The second kappa shape index (κ2) is 5.83. The molecule has 0 bridgehead atoms. The molecule has 1 amide bonds. The highest BCUT2D eigenvalue weighted by molar-refractivity contribution is 5.79. The topological polar surface area (TPSA) is 50.4 Å². The summed E-state index contributed by atoms with van der Waals surface area (Å²) in [4.78, 5) is 12.1. The Kier molecular flexibility index (Phi) is 4.40. The molecule has 0 aliphatic carbocycles. The zero-order chi connectivity index (χ0) is 12.3. The first-order chi connectivity index (χ1) is 8.16. The molecule has 2 aliphatic heterocycles. The summed E-state index contributed by atoms with van der Waals surface area (Å²) < 4.78 is 5.36. The van der Waals surface area contributed by atoms with Crippen LogP contribution in [-0.2, 0) is 9.53 Å². The van der Waals surface area contributed by atoms with Crippen molar-refractivity contribution in [1.82, 2.24) is 10.6 Å². The third-order valence-electron chi connectivity index (χ3n) is 3.98. The molecular weight excluding hydrogens is 216 g/mol. The van der Waals surface area contributed by atoms with Crippen LogP contribution < -0.4 is 10.6 Å². The van der Waals surface area contributed by atoms with Gasteiger partial charge in [-0.05, 0) is 32.2 Å². The number of carbonyl (C=O) groups is 1. The highest BCUT2D eigenvalue weighted by atomic mass is 16.5.